The van der Waals surface area contributed by atoms with Crippen LogP contribution in [0.4, 0.5) is 0 Å². The average Bonchev–Trinajstić information content (AvgIpc) is 2.63. The monoisotopic (exact) mass is 245 g/mol. The van der Waals surface area contributed by atoms with Crippen molar-refractivity contribution < 1.29 is 9.52 Å². The molecule has 1 atom stereocenters. The smallest absolute Gasteiger partial charge is 0.134 e. The van der Waals surface area contributed by atoms with Gasteiger partial charge in [-0.3, -0.25) is 0 Å². The van der Waals surface area contributed by atoms with E-state index in [1.807, 2.05) is 31.2 Å². The van der Waals surface area contributed by atoms with Crippen molar-refractivity contribution >= 4 is 11.0 Å². The minimum atomic E-state index is -0.514. The zero-order valence-electron chi connectivity index (χ0n) is 10.6. The molecule has 1 aromatic heterocycles. The lowest BCUT2D eigenvalue weighted by Gasteiger charge is -2.44. The van der Waals surface area contributed by atoms with Gasteiger partial charge in [0.2, 0.25) is 0 Å². The van der Waals surface area contributed by atoms with E-state index in [1.54, 1.807) is 0 Å². The van der Waals surface area contributed by atoms with E-state index in [2.05, 4.69) is 0 Å². The van der Waals surface area contributed by atoms with Gasteiger partial charge in [0.1, 0.15) is 11.3 Å². The summed E-state index contributed by atoms with van der Waals surface area (Å²) >= 11 is 0. The van der Waals surface area contributed by atoms with Crippen molar-refractivity contribution in [3.05, 3.63) is 35.6 Å². The van der Waals surface area contributed by atoms with Crippen molar-refractivity contribution in [2.45, 2.75) is 32.3 Å². The Morgan fingerprint density at radius 2 is 2.11 bits per heavy atom. The third kappa shape index (κ3) is 1.51. The number of furan rings is 1. The van der Waals surface area contributed by atoms with E-state index in [0.29, 0.717) is 6.54 Å². The molecule has 3 nitrogen and oxygen atoms in total. The van der Waals surface area contributed by atoms with Crippen molar-refractivity contribution in [3.8, 4) is 0 Å². The molecular formula is C15H19NO2. The second-order valence-corrected chi connectivity index (χ2v) is 5.39. The van der Waals surface area contributed by atoms with E-state index in [0.717, 1.165) is 41.6 Å². The average molecular weight is 245 g/mol. The molecule has 1 aliphatic rings. The van der Waals surface area contributed by atoms with E-state index in [1.165, 1.54) is 0 Å². The van der Waals surface area contributed by atoms with Crippen LogP contribution in [0.25, 0.3) is 11.0 Å². The number of fused-ring (bicyclic) bond motifs is 1. The van der Waals surface area contributed by atoms with Gasteiger partial charge in [0.15, 0.2) is 0 Å². The Hall–Kier alpha value is -1.32. The van der Waals surface area contributed by atoms with Gasteiger partial charge in [0, 0.05) is 22.9 Å². The van der Waals surface area contributed by atoms with E-state index >= 15 is 0 Å². The molecule has 0 amide bonds. The number of nitrogens with two attached hydrogens (primary N) is 1. The molecule has 2 aromatic rings. The molecular weight excluding hydrogens is 226 g/mol. The number of rotatable bonds is 3. The van der Waals surface area contributed by atoms with Gasteiger partial charge >= 0.3 is 0 Å². The quantitative estimate of drug-likeness (QED) is 0.874. The van der Waals surface area contributed by atoms with E-state index in [9.17, 15) is 5.11 Å². The van der Waals surface area contributed by atoms with Crippen molar-refractivity contribution in [1.29, 1.82) is 0 Å². The zero-order valence-corrected chi connectivity index (χ0v) is 10.6. The lowest BCUT2D eigenvalue weighted by atomic mass is 9.63. The summed E-state index contributed by atoms with van der Waals surface area (Å²) in [5, 5.41) is 11.7. The van der Waals surface area contributed by atoms with Crippen molar-refractivity contribution in [3.63, 3.8) is 0 Å². The summed E-state index contributed by atoms with van der Waals surface area (Å²) in [6.07, 6.45) is 2.65. The highest BCUT2D eigenvalue weighted by Gasteiger charge is 2.44. The summed E-state index contributed by atoms with van der Waals surface area (Å²) in [7, 11) is 0. The summed E-state index contributed by atoms with van der Waals surface area (Å²) in [6.45, 7) is 2.45. The lowest BCUT2D eigenvalue weighted by molar-refractivity contribution is -0.0296. The first-order valence-corrected chi connectivity index (χ1v) is 6.54. The first-order chi connectivity index (χ1) is 8.68. The van der Waals surface area contributed by atoms with Crippen LogP contribution >= 0.6 is 0 Å². The molecule has 0 bridgehead atoms. The van der Waals surface area contributed by atoms with Gasteiger partial charge in [-0.1, -0.05) is 24.6 Å². The zero-order chi connectivity index (χ0) is 12.8. The Morgan fingerprint density at radius 1 is 1.39 bits per heavy atom. The van der Waals surface area contributed by atoms with Crippen LogP contribution in [-0.2, 0) is 0 Å². The minimum absolute atomic E-state index is 0.141. The van der Waals surface area contributed by atoms with Crippen molar-refractivity contribution in [1.82, 2.24) is 0 Å². The Kier molecular flexibility index (Phi) is 2.68. The molecule has 1 aromatic carbocycles. The van der Waals surface area contributed by atoms with Crippen LogP contribution in [0.15, 0.2) is 28.7 Å². The predicted molar refractivity (Wildman–Crippen MR) is 71.2 cm³/mol. The molecule has 96 valence electrons. The summed E-state index contributed by atoms with van der Waals surface area (Å²) in [6, 6.07) is 7.87. The number of aryl methyl sites for hydroxylation is 1. The van der Waals surface area contributed by atoms with Crippen LogP contribution in [0.1, 0.15) is 36.7 Å². The highest BCUT2D eigenvalue weighted by atomic mass is 16.3. The Labute approximate surface area is 107 Å². The fraction of sp³-hybridized carbons (Fsp3) is 0.467. The van der Waals surface area contributed by atoms with Crippen LogP contribution < -0.4 is 5.73 Å². The van der Waals surface area contributed by atoms with Crippen LogP contribution in [0.2, 0.25) is 0 Å². The number of hydrogen-bond acceptors (Lipinski definition) is 3. The van der Waals surface area contributed by atoms with Crippen molar-refractivity contribution in [2.24, 2.45) is 11.1 Å². The standard InChI is InChI=1S/C15H19NO2/c1-10-13(11-5-2-3-6-12(11)18-10)14(17)15(9-16)7-4-8-15/h2-3,5-6,14,17H,4,7-9,16H2,1H3. The van der Waals surface area contributed by atoms with Gasteiger partial charge in [-0.25, -0.2) is 0 Å². The number of hydrogen-bond donors (Lipinski definition) is 2. The second-order valence-electron chi connectivity index (χ2n) is 5.39. The number of aliphatic hydroxyl groups excluding tert-OH is 1. The van der Waals surface area contributed by atoms with Crippen LogP contribution in [-0.4, -0.2) is 11.7 Å². The topological polar surface area (TPSA) is 59.4 Å². The maximum atomic E-state index is 10.7. The lowest BCUT2D eigenvalue weighted by Crippen LogP contribution is -2.42. The molecule has 0 radical (unpaired) electrons. The summed E-state index contributed by atoms with van der Waals surface area (Å²) in [5.41, 5.74) is 7.51. The van der Waals surface area contributed by atoms with E-state index in [4.69, 9.17) is 10.2 Å². The van der Waals surface area contributed by atoms with Crippen LogP contribution in [0, 0.1) is 12.3 Å². The van der Waals surface area contributed by atoms with Crippen LogP contribution in [0.5, 0.6) is 0 Å². The molecule has 1 fully saturated rings. The van der Waals surface area contributed by atoms with Crippen molar-refractivity contribution in [2.75, 3.05) is 6.54 Å². The predicted octanol–water partition coefficient (Wildman–Crippen LogP) is 2.90. The molecule has 1 unspecified atom stereocenters. The second kappa shape index (κ2) is 4.11. The molecule has 0 aliphatic heterocycles. The molecule has 0 saturated heterocycles. The first-order valence-electron chi connectivity index (χ1n) is 6.54. The normalized spacial score (nSPS) is 19.7. The SMILES string of the molecule is Cc1oc2ccccc2c1C(O)C1(CN)CCC1. The molecule has 3 N–H and O–H groups in total. The fourth-order valence-corrected chi connectivity index (χ4v) is 3.05. The molecule has 1 aliphatic carbocycles. The highest BCUT2D eigenvalue weighted by molar-refractivity contribution is 5.82. The number of para-hydroxylation sites is 1. The van der Waals surface area contributed by atoms with Gasteiger partial charge in [0.25, 0.3) is 0 Å². The maximum Gasteiger partial charge on any atom is 0.134 e. The summed E-state index contributed by atoms with van der Waals surface area (Å²) in [4.78, 5) is 0. The number of benzene rings is 1. The fourth-order valence-electron chi connectivity index (χ4n) is 3.05. The summed E-state index contributed by atoms with van der Waals surface area (Å²) in [5.74, 6) is 0.809. The van der Waals surface area contributed by atoms with Gasteiger partial charge in [-0.05, 0) is 25.8 Å². The molecule has 0 spiro atoms. The van der Waals surface area contributed by atoms with Gasteiger partial charge in [0.05, 0.1) is 6.10 Å². The molecule has 1 saturated carbocycles. The Balaban J connectivity index is 2.11. The third-order valence-electron chi connectivity index (χ3n) is 4.43. The van der Waals surface area contributed by atoms with Gasteiger partial charge < -0.3 is 15.3 Å². The third-order valence-corrected chi connectivity index (χ3v) is 4.43. The van der Waals surface area contributed by atoms with Crippen LogP contribution in [0.3, 0.4) is 0 Å². The Bertz CT molecular complexity index is 563. The first kappa shape index (κ1) is 11.8. The number of aliphatic hydroxyl groups is 1. The molecule has 3 heteroatoms. The largest absolute Gasteiger partial charge is 0.461 e. The molecule has 3 rings (SSSR count). The maximum absolute atomic E-state index is 10.7. The minimum Gasteiger partial charge on any atom is -0.461 e. The van der Waals surface area contributed by atoms with E-state index < -0.39 is 6.10 Å². The van der Waals surface area contributed by atoms with E-state index in [-0.39, 0.29) is 5.41 Å². The molecule has 18 heavy (non-hydrogen) atoms. The Morgan fingerprint density at radius 3 is 2.72 bits per heavy atom. The van der Waals surface area contributed by atoms with Gasteiger partial charge in [-0.15, -0.1) is 0 Å². The summed E-state index contributed by atoms with van der Waals surface area (Å²) < 4.78 is 5.73. The highest BCUT2D eigenvalue weighted by Crippen LogP contribution is 2.51. The molecule has 1 heterocycles. The van der Waals surface area contributed by atoms with Gasteiger partial charge in [-0.2, -0.15) is 0 Å².